The zero-order chi connectivity index (χ0) is 30.9. The number of amides is 1. The van der Waals surface area contributed by atoms with E-state index in [2.05, 4.69) is 66.2 Å². The van der Waals surface area contributed by atoms with Gasteiger partial charge in [0.2, 0.25) is 5.91 Å². The van der Waals surface area contributed by atoms with Crippen molar-refractivity contribution in [2.24, 2.45) is 5.92 Å². The molecule has 2 aromatic heterocycles. The van der Waals surface area contributed by atoms with E-state index in [1.54, 1.807) is 11.3 Å². The Labute approximate surface area is 270 Å². The zero-order valence-electron chi connectivity index (χ0n) is 26.7. The predicted molar refractivity (Wildman–Crippen MR) is 179 cm³/mol. The fourth-order valence-corrected chi connectivity index (χ4v) is 8.04. The topological polar surface area (TPSA) is 71.7 Å². The molecular weight excluding hydrogens is 580 g/mol. The van der Waals surface area contributed by atoms with Crippen molar-refractivity contribution >= 4 is 17.2 Å². The molecule has 1 saturated carbocycles. The zero-order valence-corrected chi connectivity index (χ0v) is 27.5. The first-order valence-electron chi connectivity index (χ1n) is 16.8. The summed E-state index contributed by atoms with van der Waals surface area (Å²) in [5.74, 6) is 4.83. The van der Waals surface area contributed by atoms with Gasteiger partial charge in [0.25, 0.3) is 0 Å². The van der Waals surface area contributed by atoms with Crippen molar-refractivity contribution < 1.29 is 13.9 Å². The molecule has 45 heavy (non-hydrogen) atoms. The Morgan fingerprint density at radius 2 is 1.71 bits per heavy atom. The lowest BCUT2D eigenvalue weighted by atomic mass is 9.93. The van der Waals surface area contributed by atoms with E-state index < -0.39 is 0 Å². The van der Waals surface area contributed by atoms with E-state index in [4.69, 9.17) is 9.15 Å². The van der Waals surface area contributed by atoms with Crippen molar-refractivity contribution in [3.8, 4) is 33.4 Å². The van der Waals surface area contributed by atoms with Crippen LogP contribution in [0.15, 0.2) is 59.0 Å². The van der Waals surface area contributed by atoms with Crippen LogP contribution in [0.1, 0.15) is 93.9 Å². The SMILES string of the molecule is CC(C)c1nnc(-c2ccc(Oc3cc(-c4ccc(C5CCN(C6CCCC6)CC5)o4)ccc3CN3C[C@@H](C)CC3=O)cc2)s1. The van der Waals surface area contributed by atoms with Gasteiger partial charge in [-0.25, -0.2) is 0 Å². The van der Waals surface area contributed by atoms with E-state index in [9.17, 15) is 4.79 Å². The van der Waals surface area contributed by atoms with Crippen molar-refractivity contribution in [3.63, 3.8) is 0 Å². The number of aromatic nitrogens is 2. The van der Waals surface area contributed by atoms with E-state index in [0.29, 0.717) is 30.7 Å². The molecule has 0 bridgehead atoms. The molecule has 7 nitrogen and oxygen atoms in total. The van der Waals surface area contributed by atoms with Gasteiger partial charge in [-0.2, -0.15) is 0 Å². The van der Waals surface area contributed by atoms with E-state index in [-0.39, 0.29) is 5.91 Å². The van der Waals surface area contributed by atoms with Crippen molar-refractivity contribution in [1.82, 2.24) is 20.0 Å². The molecule has 0 unspecified atom stereocenters. The largest absolute Gasteiger partial charge is 0.461 e. The Hall–Kier alpha value is -3.49. The standard InChI is InChI=1S/C37H44N4O3S/c1-24(2)36-38-39-37(45-36)27-10-12-31(13-11-27)43-34-21-28(8-9-29(34)23-41-22-25(3)20-35(41)42)33-15-14-32(44-33)26-16-18-40(19-17-26)30-6-4-5-7-30/h8-15,21,24-26,30H,4-7,16-20,22-23H2,1-3H3/t25-/m0/s1. The molecule has 0 spiro atoms. The van der Waals surface area contributed by atoms with Crippen LogP contribution >= 0.6 is 11.3 Å². The van der Waals surface area contributed by atoms with Crippen LogP contribution in [0.3, 0.4) is 0 Å². The van der Waals surface area contributed by atoms with Gasteiger partial charge in [0.05, 0.1) is 0 Å². The first kappa shape index (κ1) is 30.2. The van der Waals surface area contributed by atoms with Gasteiger partial charge >= 0.3 is 0 Å². The number of likely N-dealkylation sites (tertiary alicyclic amines) is 2. The fourth-order valence-electron chi connectivity index (χ4n) is 7.18. The second kappa shape index (κ2) is 13.1. The quantitative estimate of drug-likeness (QED) is 0.185. The third-order valence-corrected chi connectivity index (χ3v) is 11.1. The molecule has 1 amide bonds. The highest BCUT2D eigenvalue weighted by molar-refractivity contribution is 7.14. The van der Waals surface area contributed by atoms with Gasteiger partial charge in [0.1, 0.15) is 33.0 Å². The van der Waals surface area contributed by atoms with Gasteiger partial charge in [0.15, 0.2) is 0 Å². The minimum absolute atomic E-state index is 0.203. The van der Waals surface area contributed by atoms with Crippen LogP contribution in [0.2, 0.25) is 0 Å². The maximum atomic E-state index is 12.7. The number of piperidine rings is 1. The van der Waals surface area contributed by atoms with Crippen LogP contribution in [-0.4, -0.2) is 51.6 Å². The van der Waals surface area contributed by atoms with Gasteiger partial charge in [-0.15, -0.1) is 10.2 Å². The second-order valence-corrected chi connectivity index (χ2v) is 14.6. The number of nitrogens with zero attached hydrogens (tertiary/aromatic N) is 4. The van der Waals surface area contributed by atoms with Crippen molar-refractivity contribution in [3.05, 3.63) is 70.9 Å². The van der Waals surface area contributed by atoms with Crippen LogP contribution in [0, 0.1) is 5.92 Å². The summed E-state index contributed by atoms with van der Waals surface area (Å²) >= 11 is 1.63. The molecule has 4 heterocycles. The van der Waals surface area contributed by atoms with Gasteiger partial charge in [-0.1, -0.05) is 57.1 Å². The summed E-state index contributed by atoms with van der Waals surface area (Å²) in [6, 6.07) is 19.4. The summed E-state index contributed by atoms with van der Waals surface area (Å²) in [6.45, 7) is 10.0. The number of benzene rings is 2. The number of rotatable bonds is 9. The molecule has 236 valence electrons. The number of carbonyl (C=O) groups is 1. The van der Waals surface area contributed by atoms with Crippen molar-refractivity contribution in [2.45, 2.75) is 90.1 Å². The molecule has 0 radical (unpaired) electrons. The van der Waals surface area contributed by atoms with Gasteiger partial charge in [0, 0.05) is 54.1 Å². The summed E-state index contributed by atoms with van der Waals surface area (Å²) in [7, 11) is 0. The number of carbonyl (C=O) groups excluding carboxylic acids is 1. The molecule has 1 atom stereocenters. The van der Waals surface area contributed by atoms with Crippen LogP contribution < -0.4 is 4.74 Å². The average Bonchev–Trinajstić information content (AvgIpc) is 3.87. The maximum Gasteiger partial charge on any atom is 0.223 e. The summed E-state index contributed by atoms with van der Waals surface area (Å²) in [5.41, 5.74) is 2.99. The third kappa shape index (κ3) is 6.73. The lowest BCUT2D eigenvalue weighted by Crippen LogP contribution is -2.39. The molecule has 2 aromatic carbocycles. The Balaban J connectivity index is 1.10. The van der Waals surface area contributed by atoms with E-state index >= 15 is 0 Å². The summed E-state index contributed by atoms with van der Waals surface area (Å²) < 4.78 is 13.1. The van der Waals surface area contributed by atoms with Crippen LogP contribution in [0.25, 0.3) is 21.9 Å². The van der Waals surface area contributed by atoms with Crippen LogP contribution in [0.4, 0.5) is 0 Å². The molecule has 1 aliphatic carbocycles. The minimum atomic E-state index is 0.203. The minimum Gasteiger partial charge on any atom is -0.461 e. The number of furan rings is 1. The highest BCUT2D eigenvalue weighted by Crippen LogP contribution is 2.38. The Morgan fingerprint density at radius 3 is 2.40 bits per heavy atom. The summed E-state index contributed by atoms with van der Waals surface area (Å²) in [6.07, 6.45) is 8.43. The van der Waals surface area contributed by atoms with Gasteiger partial charge < -0.3 is 19.0 Å². The third-order valence-electron chi connectivity index (χ3n) is 9.78. The van der Waals surface area contributed by atoms with E-state index in [1.807, 2.05) is 29.2 Å². The van der Waals surface area contributed by atoms with E-state index in [1.165, 1.54) is 38.8 Å². The smallest absolute Gasteiger partial charge is 0.223 e. The van der Waals surface area contributed by atoms with E-state index in [0.717, 1.165) is 75.2 Å². The van der Waals surface area contributed by atoms with Crippen LogP contribution in [0.5, 0.6) is 11.5 Å². The lowest BCUT2D eigenvalue weighted by molar-refractivity contribution is -0.128. The number of hydrogen-bond donors (Lipinski definition) is 0. The highest BCUT2D eigenvalue weighted by Gasteiger charge is 2.30. The molecule has 8 heteroatoms. The molecule has 0 N–H and O–H groups in total. The number of hydrogen-bond acceptors (Lipinski definition) is 7. The molecule has 3 fully saturated rings. The molecule has 2 saturated heterocycles. The normalized spacial score (nSPS) is 20.1. The first-order chi connectivity index (χ1) is 21.9. The maximum absolute atomic E-state index is 12.7. The first-order valence-corrected chi connectivity index (χ1v) is 17.6. The second-order valence-electron chi connectivity index (χ2n) is 13.6. The highest BCUT2D eigenvalue weighted by atomic mass is 32.1. The van der Waals surface area contributed by atoms with Crippen molar-refractivity contribution in [1.29, 1.82) is 0 Å². The molecule has 3 aliphatic rings. The molecule has 7 rings (SSSR count). The van der Waals surface area contributed by atoms with Gasteiger partial charge in [-0.05, 0) is 87.2 Å². The summed E-state index contributed by atoms with van der Waals surface area (Å²) in [5, 5.41) is 10.7. The summed E-state index contributed by atoms with van der Waals surface area (Å²) in [4.78, 5) is 17.3. The Bertz CT molecular complexity index is 1610. The Kier molecular flexibility index (Phi) is 8.78. The monoisotopic (exact) mass is 624 g/mol. The molecule has 4 aromatic rings. The van der Waals surface area contributed by atoms with Gasteiger partial charge in [-0.3, -0.25) is 4.79 Å². The number of ether oxygens (including phenoxy) is 1. The predicted octanol–water partition coefficient (Wildman–Crippen LogP) is 8.87. The average molecular weight is 625 g/mol. The van der Waals surface area contributed by atoms with Crippen LogP contribution in [-0.2, 0) is 11.3 Å². The molecule has 2 aliphatic heterocycles. The lowest BCUT2D eigenvalue weighted by Gasteiger charge is -2.35. The van der Waals surface area contributed by atoms with Crippen molar-refractivity contribution in [2.75, 3.05) is 19.6 Å². The Morgan fingerprint density at radius 1 is 0.956 bits per heavy atom. The fraction of sp³-hybridized carbons (Fsp3) is 0.486. The molecular formula is C37H44N4O3S.